The van der Waals surface area contributed by atoms with Gasteiger partial charge in [0, 0.05) is 13.1 Å². The van der Waals surface area contributed by atoms with E-state index in [-0.39, 0.29) is 27.5 Å². The van der Waals surface area contributed by atoms with Crippen LogP contribution in [0.2, 0.25) is 0 Å². The Bertz CT molecular complexity index is 990. The zero-order valence-electron chi connectivity index (χ0n) is 13.8. The number of hydrogen-bond donors (Lipinski definition) is 2. The summed E-state index contributed by atoms with van der Waals surface area (Å²) in [6.45, 7) is 0.889. The van der Waals surface area contributed by atoms with Crippen LogP contribution in [0.3, 0.4) is 0 Å². The van der Waals surface area contributed by atoms with Crippen LogP contribution in [0.25, 0.3) is 0 Å². The van der Waals surface area contributed by atoms with Crippen LogP contribution in [0, 0.1) is 11.3 Å². The maximum Gasteiger partial charge on any atom is 0.259 e. The van der Waals surface area contributed by atoms with Gasteiger partial charge < -0.3 is 10.4 Å². The molecule has 134 valence electrons. The first-order valence-electron chi connectivity index (χ1n) is 8.07. The largest absolute Gasteiger partial charge is 0.507 e. The summed E-state index contributed by atoms with van der Waals surface area (Å²) in [7, 11) is -3.71. The van der Waals surface area contributed by atoms with E-state index < -0.39 is 15.9 Å². The third kappa shape index (κ3) is 3.40. The average Bonchev–Trinajstić information content (AvgIpc) is 3.18. The molecule has 1 heterocycles. The lowest BCUT2D eigenvalue weighted by Crippen LogP contribution is -2.28. The zero-order chi connectivity index (χ0) is 18.7. The van der Waals surface area contributed by atoms with E-state index in [9.17, 15) is 18.3 Å². The number of nitrogens with one attached hydrogen (secondary N) is 1. The van der Waals surface area contributed by atoms with Gasteiger partial charge in [-0.2, -0.15) is 9.57 Å². The Morgan fingerprint density at radius 2 is 1.85 bits per heavy atom. The van der Waals surface area contributed by atoms with Crippen molar-refractivity contribution in [3.8, 4) is 11.8 Å². The SMILES string of the molecule is N#Cc1ccccc1NC(=O)c1cc(S(=O)(=O)N2CCCC2)ccc1O. The molecule has 0 saturated carbocycles. The van der Waals surface area contributed by atoms with Crippen LogP contribution in [0.15, 0.2) is 47.4 Å². The van der Waals surface area contributed by atoms with Crippen molar-refractivity contribution in [3.63, 3.8) is 0 Å². The summed E-state index contributed by atoms with van der Waals surface area (Å²) in [5.41, 5.74) is 0.381. The van der Waals surface area contributed by atoms with E-state index in [2.05, 4.69) is 5.32 Å². The Labute approximate surface area is 151 Å². The molecule has 3 rings (SSSR count). The molecule has 2 aromatic rings. The number of carbonyl (C=O) groups is 1. The normalized spacial score (nSPS) is 14.7. The molecule has 2 aromatic carbocycles. The lowest BCUT2D eigenvalue weighted by Gasteiger charge is -2.16. The second kappa shape index (κ2) is 7.15. The Morgan fingerprint density at radius 1 is 1.15 bits per heavy atom. The summed E-state index contributed by atoms with van der Waals surface area (Å²) >= 11 is 0. The number of phenols is 1. The fourth-order valence-corrected chi connectivity index (χ4v) is 4.36. The van der Waals surface area contributed by atoms with Gasteiger partial charge in [0.25, 0.3) is 5.91 Å². The first kappa shape index (κ1) is 17.9. The van der Waals surface area contributed by atoms with E-state index in [1.54, 1.807) is 24.3 Å². The maximum atomic E-state index is 12.6. The molecule has 0 atom stereocenters. The lowest BCUT2D eigenvalue weighted by atomic mass is 10.1. The molecule has 0 bridgehead atoms. The first-order chi connectivity index (χ1) is 12.4. The van der Waals surface area contributed by atoms with Crippen molar-refractivity contribution < 1.29 is 18.3 Å². The Kier molecular flexibility index (Phi) is 4.93. The van der Waals surface area contributed by atoms with E-state index in [1.807, 2.05) is 6.07 Å². The monoisotopic (exact) mass is 371 g/mol. The third-order valence-electron chi connectivity index (χ3n) is 4.21. The quantitative estimate of drug-likeness (QED) is 0.857. The topological polar surface area (TPSA) is 110 Å². The summed E-state index contributed by atoms with van der Waals surface area (Å²) in [4.78, 5) is 12.5. The summed E-state index contributed by atoms with van der Waals surface area (Å²) in [5.74, 6) is -1.03. The van der Waals surface area contributed by atoms with Crippen LogP contribution in [0.1, 0.15) is 28.8 Å². The minimum Gasteiger partial charge on any atom is -0.507 e. The number of sulfonamides is 1. The van der Waals surface area contributed by atoms with Gasteiger partial charge in [0.1, 0.15) is 11.8 Å². The van der Waals surface area contributed by atoms with Crippen LogP contribution in [-0.2, 0) is 10.0 Å². The number of rotatable bonds is 4. The fraction of sp³-hybridized carbons (Fsp3) is 0.222. The smallest absolute Gasteiger partial charge is 0.259 e. The van der Waals surface area contributed by atoms with Crippen LogP contribution in [0.5, 0.6) is 5.75 Å². The van der Waals surface area contributed by atoms with Crippen molar-refractivity contribution in [1.82, 2.24) is 4.31 Å². The molecule has 0 spiro atoms. The predicted molar refractivity (Wildman–Crippen MR) is 95.2 cm³/mol. The van der Waals surface area contributed by atoms with Gasteiger partial charge in [0.15, 0.2) is 0 Å². The first-order valence-corrected chi connectivity index (χ1v) is 9.51. The Balaban J connectivity index is 1.93. The van der Waals surface area contributed by atoms with Crippen LogP contribution >= 0.6 is 0 Å². The molecule has 0 aliphatic carbocycles. The van der Waals surface area contributed by atoms with Crippen molar-refractivity contribution in [1.29, 1.82) is 5.26 Å². The van der Waals surface area contributed by atoms with Gasteiger partial charge in [0.2, 0.25) is 10.0 Å². The molecule has 0 aromatic heterocycles. The summed E-state index contributed by atoms with van der Waals surface area (Å²) < 4.78 is 26.7. The molecular weight excluding hydrogens is 354 g/mol. The minimum absolute atomic E-state index is 0.0454. The molecule has 0 radical (unpaired) electrons. The molecule has 1 amide bonds. The number of hydrogen-bond acceptors (Lipinski definition) is 5. The lowest BCUT2D eigenvalue weighted by molar-refractivity contribution is 0.102. The van der Waals surface area contributed by atoms with Gasteiger partial charge >= 0.3 is 0 Å². The summed E-state index contributed by atoms with van der Waals surface area (Å²) in [5, 5.41) is 21.6. The van der Waals surface area contributed by atoms with Crippen LogP contribution in [-0.4, -0.2) is 36.8 Å². The number of amides is 1. The number of nitriles is 1. The number of phenolic OH excluding ortho intramolecular Hbond substituents is 1. The number of benzene rings is 2. The molecule has 1 aliphatic heterocycles. The highest BCUT2D eigenvalue weighted by Gasteiger charge is 2.28. The third-order valence-corrected chi connectivity index (χ3v) is 6.11. The number of aromatic hydroxyl groups is 1. The van der Waals surface area contributed by atoms with Crippen LogP contribution in [0.4, 0.5) is 5.69 Å². The predicted octanol–water partition coefficient (Wildman–Crippen LogP) is 2.30. The molecule has 2 N–H and O–H groups in total. The molecule has 1 saturated heterocycles. The zero-order valence-corrected chi connectivity index (χ0v) is 14.7. The molecular formula is C18H17N3O4S. The van der Waals surface area contributed by atoms with Gasteiger partial charge in [-0.1, -0.05) is 12.1 Å². The van der Waals surface area contributed by atoms with E-state index in [0.717, 1.165) is 18.9 Å². The van der Waals surface area contributed by atoms with Gasteiger partial charge in [-0.3, -0.25) is 4.79 Å². The molecule has 8 heteroatoms. The van der Waals surface area contributed by atoms with Crippen molar-refractivity contribution in [3.05, 3.63) is 53.6 Å². The van der Waals surface area contributed by atoms with Crippen molar-refractivity contribution in [2.24, 2.45) is 0 Å². The highest BCUT2D eigenvalue weighted by Crippen LogP contribution is 2.27. The molecule has 7 nitrogen and oxygen atoms in total. The van der Waals surface area contributed by atoms with E-state index >= 15 is 0 Å². The van der Waals surface area contributed by atoms with Gasteiger partial charge in [0.05, 0.1) is 21.7 Å². The van der Waals surface area contributed by atoms with Gasteiger partial charge in [-0.05, 0) is 43.2 Å². The molecule has 1 aliphatic rings. The average molecular weight is 371 g/mol. The van der Waals surface area contributed by atoms with E-state index in [0.29, 0.717) is 13.1 Å². The standard InChI is InChI=1S/C18H17N3O4S/c19-12-13-5-1-2-6-16(13)20-18(23)15-11-14(7-8-17(15)22)26(24,25)21-9-3-4-10-21/h1-2,5-8,11,22H,3-4,9-10H2,(H,20,23). The minimum atomic E-state index is -3.71. The second-order valence-corrected chi connectivity index (χ2v) is 7.84. The van der Waals surface area contributed by atoms with Gasteiger partial charge in [-0.25, -0.2) is 8.42 Å². The Morgan fingerprint density at radius 3 is 2.54 bits per heavy atom. The summed E-state index contributed by atoms with van der Waals surface area (Å²) in [6, 6.07) is 12.0. The highest BCUT2D eigenvalue weighted by molar-refractivity contribution is 7.89. The maximum absolute atomic E-state index is 12.6. The Hall–Kier alpha value is -2.89. The highest BCUT2D eigenvalue weighted by atomic mass is 32.2. The summed E-state index contributed by atoms with van der Waals surface area (Å²) in [6.07, 6.45) is 1.60. The number of para-hydroxylation sites is 1. The number of anilines is 1. The van der Waals surface area contributed by atoms with Crippen molar-refractivity contribution >= 4 is 21.6 Å². The number of nitrogens with zero attached hydrogens (tertiary/aromatic N) is 2. The van der Waals surface area contributed by atoms with E-state index in [4.69, 9.17) is 5.26 Å². The van der Waals surface area contributed by atoms with Crippen molar-refractivity contribution in [2.45, 2.75) is 17.7 Å². The molecule has 26 heavy (non-hydrogen) atoms. The van der Waals surface area contributed by atoms with Crippen LogP contribution < -0.4 is 5.32 Å². The molecule has 0 unspecified atom stereocenters. The second-order valence-electron chi connectivity index (χ2n) is 5.90. The van der Waals surface area contributed by atoms with E-state index in [1.165, 1.54) is 16.4 Å². The number of carbonyl (C=O) groups excluding carboxylic acids is 1. The molecule has 1 fully saturated rings. The van der Waals surface area contributed by atoms with Crippen molar-refractivity contribution in [2.75, 3.05) is 18.4 Å². The van der Waals surface area contributed by atoms with Gasteiger partial charge in [-0.15, -0.1) is 0 Å². The fourth-order valence-electron chi connectivity index (χ4n) is 2.81.